The molecule has 0 spiro atoms. The van der Waals surface area contributed by atoms with E-state index in [2.05, 4.69) is 42.0 Å². The highest BCUT2D eigenvalue weighted by atomic mass is 79.9. The van der Waals surface area contributed by atoms with Crippen LogP contribution in [-0.4, -0.2) is 11.9 Å². The molecule has 3 rings (SSSR count). The molecule has 2 aliphatic carbocycles. The molecule has 114 valence electrons. The van der Waals surface area contributed by atoms with Crippen molar-refractivity contribution < 1.29 is 9.18 Å². The summed E-state index contributed by atoms with van der Waals surface area (Å²) in [7, 11) is 0. The standard InChI is InChI=1S/C17H21BrFNO/c1-16(2)10-6-7-17(3,9-10)15(16)20-14(21)12-5-4-11(18)8-13(12)19/h4-5,8,10,15H,6-7,9H2,1-3H3,(H,20,21). The van der Waals surface area contributed by atoms with Gasteiger partial charge in [-0.15, -0.1) is 0 Å². The largest absolute Gasteiger partial charge is 0.348 e. The Hall–Kier alpha value is -0.900. The van der Waals surface area contributed by atoms with Gasteiger partial charge in [0.2, 0.25) is 0 Å². The first kappa shape index (κ1) is 15.0. The molecule has 3 unspecified atom stereocenters. The molecule has 0 heterocycles. The average Bonchev–Trinajstić information content (AvgIpc) is 2.85. The van der Waals surface area contributed by atoms with Gasteiger partial charge in [0.05, 0.1) is 5.56 Å². The minimum absolute atomic E-state index is 0.0779. The molecule has 0 radical (unpaired) electrons. The van der Waals surface area contributed by atoms with Crippen LogP contribution in [0.5, 0.6) is 0 Å². The fraction of sp³-hybridized carbons (Fsp3) is 0.588. The van der Waals surface area contributed by atoms with Gasteiger partial charge in [-0.2, -0.15) is 0 Å². The second-order valence-electron chi connectivity index (χ2n) is 7.45. The van der Waals surface area contributed by atoms with E-state index in [-0.39, 0.29) is 28.3 Å². The maximum atomic E-state index is 14.0. The molecule has 1 aromatic rings. The number of amides is 1. The molecule has 1 amide bonds. The topological polar surface area (TPSA) is 29.1 Å². The van der Waals surface area contributed by atoms with Gasteiger partial charge in [-0.1, -0.05) is 36.7 Å². The van der Waals surface area contributed by atoms with Crippen molar-refractivity contribution in [3.63, 3.8) is 0 Å². The van der Waals surface area contributed by atoms with Crippen molar-refractivity contribution in [1.82, 2.24) is 5.32 Å². The summed E-state index contributed by atoms with van der Waals surface area (Å²) >= 11 is 3.22. The summed E-state index contributed by atoms with van der Waals surface area (Å²) in [6.45, 7) is 6.71. The van der Waals surface area contributed by atoms with Crippen molar-refractivity contribution in [2.24, 2.45) is 16.7 Å². The van der Waals surface area contributed by atoms with Gasteiger partial charge in [0.1, 0.15) is 5.82 Å². The van der Waals surface area contributed by atoms with Crippen molar-refractivity contribution in [1.29, 1.82) is 0 Å². The Balaban J connectivity index is 1.85. The second-order valence-corrected chi connectivity index (χ2v) is 8.36. The fourth-order valence-electron chi connectivity index (χ4n) is 4.54. The lowest BCUT2D eigenvalue weighted by molar-refractivity contribution is 0.0734. The van der Waals surface area contributed by atoms with E-state index in [1.54, 1.807) is 6.07 Å². The summed E-state index contributed by atoms with van der Waals surface area (Å²) < 4.78 is 14.6. The van der Waals surface area contributed by atoms with Crippen LogP contribution in [0.3, 0.4) is 0 Å². The van der Waals surface area contributed by atoms with Gasteiger partial charge >= 0.3 is 0 Å². The molecule has 0 aliphatic heterocycles. The highest BCUT2D eigenvalue weighted by Gasteiger charge is 2.59. The Morgan fingerprint density at radius 3 is 2.67 bits per heavy atom. The Morgan fingerprint density at radius 1 is 1.38 bits per heavy atom. The molecular weight excluding hydrogens is 333 g/mol. The van der Waals surface area contributed by atoms with Gasteiger partial charge in [-0.25, -0.2) is 4.39 Å². The molecule has 2 fully saturated rings. The molecule has 2 nitrogen and oxygen atoms in total. The van der Waals surface area contributed by atoms with Crippen LogP contribution >= 0.6 is 15.9 Å². The maximum absolute atomic E-state index is 14.0. The lowest BCUT2D eigenvalue weighted by Gasteiger charge is -2.43. The molecule has 2 bridgehead atoms. The minimum Gasteiger partial charge on any atom is -0.348 e. The zero-order chi connectivity index (χ0) is 15.4. The van der Waals surface area contributed by atoms with Gasteiger partial charge < -0.3 is 5.32 Å². The van der Waals surface area contributed by atoms with Gasteiger partial charge in [0.25, 0.3) is 5.91 Å². The first-order valence-corrected chi connectivity index (χ1v) is 8.29. The van der Waals surface area contributed by atoms with Crippen LogP contribution in [0.15, 0.2) is 22.7 Å². The van der Waals surface area contributed by atoms with E-state index in [1.165, 1.54) is 18.6 Å². The quantitative estimate of drug-likeness (QED) is 0.831. The molecule has 1 aromatic carbocycles. The zero-order valence-electron chi connectivity index (χ0n) is 12.7. The third kappa shape index (κ3) is 2.32. The van der Waals surface area contributed by atoms with E-state index in [9.17, 15) is 9.18 Å². The highest BCUT2D eigenvalue weighted by Crippen LogP contribution is 2.62. The zero-order valence-corrected chi connectivity index (χ0v) is 14.3. The third-order valence-electron chi connectivity index (χ3n) is 5.72. The molecule has 2 saturated carbocycles. The van der Waals surface area contributed by atoms with Crippen LogP contribution in [-0.2, 0) is 0 Å². The first-order chi connectivity index (χ1) is 9.74. The molecule has 21 heavy (non-hydrogen) atoms. The van der Waals surface area contributed by atoms with E-state index in [4.69, 9.17) is 0 Å². The lowest BCUT2D eigenvalue weighted by Crippen LogP contribution is -2.52. The van der Waals surface area contributed by atoms with Gasteiger partial charge in [-0.05, 0) is 54.2 Å². The number of carbonyl (C=O) groups is 1. The summed E-state index contributed by atoms with van der Waals surface area (Å²) in [6.07, 6.45) is 3.55. The number of nitrogens with one attached hydrogen (secondary N) is 1. The molecule has 4 heteroatoms. The SMILES string of the molecule is CC12CCC(C1)C(C)(C)C2NC(=O)c1ccc(Br)cc1F. The monoisotopic (exact) mass is 353 g/mol. The number of hydrogen-bond donors (Lipinski definition) is 1. The van der Waals surface area contributed by atoms with Crippen LogP contribution in [0.4, 0.5) is 4.39 Å². The highest BCUT2D eigenvalue weighted by molar-refractivity contribution is 9.10. The summed E-state index contributed by atoms with van der Waals surface area (Å²) in [6, 6.07) is 4.69. The number of carbonyl (C=O) groups excluding carboxylic acids is 1. The van der Waals surface area contributed by atoms with Crippen molar-refractivity contribution in [3.8, 4) is 0 Å². The maximum Gasteiger partial charge on any atom is 0.254 e. The van der Waals surface area contributed by atoms with Gasteiger partial charge in [0, 0.05) is 10.5 Å². The van der Waals surface area contributed by atoms with E-state index < -0.39 is 5.82 Å². The van der Waals surface area contributed by atoms with E-state index in [0.29, 0.717) is 10.4 Å². The van der Waals surface area contributed by atoms with E-state index in [0.717, 1.165) is 12.8 Å². The Morgan fingerprint density at radius 2 is 2.10 bits per heavy atom. The predicted octanol–water partition coefficient (Wildman–Crippen LogP) is 4.53. The van der Waals surface area contributed by atoms with Crippen LogP contribution in [0.25, 0.3) is 0 Å². The van der Waals surface area contributed by atoms with Crippen molar-refractivity contribution in [2.45, 2.75) is 46.1 Å². The Bertz CT molecular complexity index is 596. The van der Waals surface area contributed by atoms with Crippen LogP contribution in [0.2, 0.25) is 0 Å². The van der Waals surface area contributed by atoms with Crippen LogP contribution in [0.1, 0.15) is 50.4 Å². The smallest absolute Gasteiger partial charge is 0.254 e. The summed E-state index contributed by atoms with van der Waals surface area (Å²) in [4.78, 5) is 12.5. The second kappa shape index (κ2) is 4.80. The van der Waals surface area contributed by atoms with Crippen molar-refractivity contribution in [2.75, 3.05) is 0 Å². The molecule has 3 atom stereocenters. The van der Waals surface area contributed by atoms with Crippen molar-refractivity contribution in [3.05, 3.63) is 34.1 Å². The third-order valence-corrected chi connectivity index (χ3v) is 6.21. The van der Waals surface area contributed by atoms with E-state index >= 15 is 0 Å². The minimum atomic E-state index is -0.479. The predicted molar refractivity (Wildman–Crippen MR) is 84.6 cm³/mol. The molecular formula is C17H21BrFNO. The number of benzene rings is 1. The first-order valence-electron chi connectivity index (χ1n) is 7.50. The summed E-state index contributed by atoms with van der Waals surface area (Å²) in [5.41, 5.74) is 0.352. The Kier molecular flexibility index (Phi) is 3.43. The van der Waals surface area contributed by atoms with Gasteiger partial charge in [0.15, 0.2) is 0 Å². The molecule has 1 N–H and O–H groups in total. The van der Waals surface area contributed by atoms with Crippen molar-refractivity contribution >= 4 is 21.8 Å². The molecule has 2 aliphatic rings. The summed E-state index contributed by atoms with van der Waals surface area (Å²) in [5.74, 6) is -0.123. The normalized spacial score (nSPS) is 33.2. The number of halogens is 2. The van der Waals surface area contributed by atoms with E-state index in [1.807, 2.05) is 0 Å². The number of rotatable bonds is 2. The van der Waals surface area contributed by atoms with Crippen LogP contribution < -0.4 is 5.32 Å². The lowest BCUT2D eigenvalue weighted by atomic mass is 9.68. The average molecular weight is 354 g/mol. The Labute approximate surface area is 133 Å². The molecule has 0 aromatic heterocycles. The number of hydrogen-bond acceptors (Lipinski definition) is 1. The van der Waals surface area contributed by atoms with Crippen LogP contribution in [0, 0.1) is 22.6 Å². The van der Waals surface area contributed by atoms with Gasteiger partial charge in [-0.3, -0.25) is 4.79 Å². The fourth-order valence-corrected chi connectivity index (χ4v) is 4.88. The number of fused-ring (bicyclic) bond motifs is 2. The summed E-state index contributed by atoms with van der Waals surface area (Å²) in [5, 5.41) is 3.12. The molecule has 0 saturated heterocycles.